The molecule has 0 saturated carbocycles. The van der Waals surface area contributed by atoms with Crippen molar-refractivity contribution in [2.45, 2.75) is 13.5 Å². The number of carbonyl (C=O) groups excluding carboxylic acids is 1. The number of halogens is 1. The molecule has 7 heteroatoms. The van der Waals surface area contributed by atoms with Crippen LogP contribution in [-0.4, -0.2) is 21.1 Å². The molecular weight excluding hydrogens is 237 g/mol. The lowest BCUT2D eigenvalue weighted by Crippen LogP contribution is -2.24. The minimum absolute atomic E-state index is 0.00142. The molecule has 0 bridgehead atoms. The highest BCUT2D eigenvalue weighted by Crippen LogP contribution is 2.09. The van der Waals surface area contributed by atoms with Crippen LogP contribution in [0, 0.1) is 12.7 Å². The van der Waals surface area contributed by atoms with Gasteiger partial charge in [0.25, 0.3) is 5.91 Å². The van der Waals surface area contributed by atoms with E-state index in [2.05, 4.69) is 20.5 Å². The van der Waals surface area contributed by atoms with Gasteiger partial charge in [0.05, 0.1) is 0 Å². The van der Waals surface area contributed by atoms with Crippen molar-refractivity contribution in [1.29, 1.82) is 0 Å². The van der Waals surface area contributed by atoms with Gasteiger partial charge < -0.3 is 11.1 Å². The van der Waals surface area contributed by atoms with E-state index in [0.29, 0.717) is 11.1 Å². The van der Waals surface area contributed by atoms with E-state index in [-0.39, 0.29) is 24.1 Å². The number of aromatic amines is 1. The number of nitrogens with one attached hydrogen (secondary N) is 2. The SMILES string of the molecule is Cc1ccc(CNC(=O)c2nc(N)n[nH]2)cc1F. The fourth-order valence-electron chi connectivity index (χ4n) is 1.39. The van der Waals surface area contributed by atoms with E-state index in [4.69, 9.17) is 5.73 Å². The lowest BCUT2D eigenvalue weighted by Gasteiger charge is -2.04. The van der Waals surface area contributed by atoms with Gasteiger partial charge in [0, 0.05) is 6.54 Å². The first-order chi connectivity index (χ1) is 8.56. The Morgan fingerprint density at radius 3 is 2.94 bits per heavy atom. The number of hydrogen-bond acceptors (Lipinski definition) is 4. The first-order valence-corrected chi connectivity index (χ1v) is 5.27. The second kappa shape index (κ2) is 4.82. The largest absolute Gasteiger partial charge is 0.366 e. The summed E-state index contributed by atoms with van der Waals surface area (Å²) in [5.41, 5.74) is 6.51. The molecule has 2 rings (SSSR count). The smallest absolute Gasteiger partial charge is 0.288 e. The summed E-state index contributed by atoms with van der Waals surface area (Å²) in [6.45, 7) is 1.88. The first-order valence-electron chi connectivity index (χ1n) is 5.27. The monoisotopic (exact) mass is 249 g/mol. The number of aryl methyl sites for hydroxylation is 1. The molecule has 1 aromatic carbocycles. The zero-order valence-corrected chi connectivity index (χ0v) is 9.70. The highest BCUT2D eigenvalue weighted by Gasteiger charge is 2.10. The summed E-state index contributed by atoms with van der Waals surface area (Å²) >= 11 is 0. The zero-order valence-electron chi connectivity index (χ0n) is 9.70. The second-order valence-corrected chi connectivity index (χ2v) is 3.81. The number of hydrogen-bond donors (Lipinski definition) is 3. The Kier molecular flexibility index (Phi) is 3.22. The van der Waals surface area contributed by atoms with Gasteiger partial charge in [0.15, 0.2) is 0 Å². The van der Waals surface area contributed by atoms with Crippen molar-refractivity contribution in [3.8, 4) is 0 Å². The van der Waals surface area contributed by atoms with Gasteiger partial charge in [0.1, 0.15) is 5.82 Å². The molecular formula is C11H12FN5O. The number of nitrogen functional groups attached to an aromatic ring is 1. The van der Waals surface area contributed by atoms with Gasteiger partial charge in [-0.05, 0) is 24.1 Å². The van der Waals surface area contributed by atoms with E-state index in [1.54, 1.807) is 19.1 Å². The number of benzene rings is 1. The molecule has 18 heavy (non-hydrogen) atoms. The Bertz CT molecular complexity index is 581. The molecule has 1 aromatic heterocycles. The van der Waals surface area contributed by atoms with E-state index < -0.39 is 5.91 Å². The van der Waals surface area contributed by atoms with Crippen LogP contribution in [0.5, 0.6) is 0 Å². The molecule has 0 aliphatic rings. The van der Waals surface area contributed by atoms with E-state index in [9.17, 15) is 9.18 Å². The van der Waals surface area contributed by atoms with Crippen molar-refractivity contribution in [2.75, 3.05) is 5.73 Å². The minimum Gasteiger partial charge on any atom is -0.366 e. The van der Waals surface area contributed by atoms with Gasteiger partial charge in [-0.25, -0.2) is 4.39 Å². The quantitative estimate of drug-likeness (QED) is 0.748. The van der Waals surface area contributed by atoms with Crippen molar-refractivity contribution in [3.05, 3.63) is 41.0 Å². The topological polar surface area (TPSA) is 96.7 Å². The van der Waals surface area contributed by atoms with Crippen molar-refractivity contribution in [3.63, 3.8) is 0 Å². The van der Waals surface area contributed by atoms with Gasteiger partial charge >= 0.3 is 0 Å². The maximum Gasteiger partial charge on any atom is 0.288 e. The molecule has 0 fully saturated rings. The summed E-state index contributed by atoms with van der Waals surface area (Å²) in [6, 6.07) is 4.78. The average molecular weight is 249 g/mol. The maximum absolute atomic E-state index is 13.3. The van der Waals surface area contributed by atoms with E-state index in [0.717, 1.165) is 0 Å². The molecule has 0 aliphatic carbocycles. The zero-order chi connectivity index (χ0) is 13.1. The predicted molar refractivity (Wildman–Crippen MR) is 63.1 cm³/mol. The van der Waals surface area contributed by atoms with Crippen LogP contribution in [0.1, 0.15) is 21.7 Å². The molecule has 0 saturated heterocycles. The van der Waals surface area contributed by atoms with Crippen LogP contribution >= 0.6 is 0 Å². The number of nitrogens with zero attached hydrogens (tertiary/aromatic N) is 2. The summed E-state index contributed by atoms with van der Waals surface area (Å²) in [7, 11) is 0. The van der Waals surface area contributed by atoms with Gasteiger partial charge in [-0.3, -0.25) is 9.89 Å². The number of nitrogens with two attached hydrogens (primary N) is 1. The van der Waals surface area contributed by atoms with Crippen molar-refractivity contribution in [2.24, 2.45) is 0 Å². The summed E-state index contributed by atoms with van der Waals surface area (Å²) in [4.78, 5) is 15.3. The second-order valence-electron chi connectivity index (χ2n) is 3.81. The van der Waals surface area contributed by atoms with Gasteiger partial charge in [0.2, 0.25) is 11.8 Å². The highest BCUT2D eigenvalue weighted by molar-refractivity contribution is 5.90. The molecule has 0 aliphatic heterocycles. The van der Waals surface area contributed by atoms with Crippen molar-refractivity contribution < 1.29 is 9.18 Å². The molecule has 0 spiro atoms. The molecule has 0 atom stereocenters. The van der Waals surface area contributed by atoms with Gasteiger partial charge in [-0.2, -0.15) is 4.98 Å². The summed E-state index contributed by atoms with van der Waals surface area (Å²) in [6.07, 6.45) is 0. The average Bonchev–Trinajstić information content (AvgIpc) is 2.77. The lowest BCUT2D eigenvalue weighted by molar-refractivity contribution is 0.0941. The van der Waals surface area contributed by atoms with Crippen LogP contribution in [-0.2, 0) is 6.54 Å². The molecule has 1 amide bonds. The summed E-state index contributed by atoms with van der Waals surface area (Å²) in [5.74, 6) is -0.715. The maximum atomic E-state index is 13.3. The summed E-state index contributed by atoms with van der Waals surface area (Å²) < 4.78 is 13.3. The Morgan fingerprint density at radius 2 is 2.33 bits per heavy atom. The number of carbonyl (C=O) groups is 1. The number of H-pyrrole nitrogens is 1. The molecule has 0 radical (unpaired) electrons. The number of amides is 1. The number of aromatic nitrogens is 3. The third-order valence-corrected chi connectivity index (χ3v) is 2.41. The van der Waals surface area contributed by atoms with Crippen molar-refractivity contribution in [1.82, 2.24) is 20.5 Å². The molecule has 1 heterocycles. The third-order valence-electron chi connectivity index (χ3n) is 2.41. The van der Waals surface area contributed by atoms with Gasteiger partial charge in [-0.15, -0.1) is 5.10 Å². The molecule has 2 aromatic rings. The fraction of sp³-hybridized carbons (Fsp3) is 0.182. The third kappa shape index (κ3) is 2.62. The van der Waals surface area contributed by atoms with E-state index in [1.165, 1.54) is 6.07 Å². The normalized spacial score (nSPS) is 10.3. The van der Waals surface area contributed by atoms with E-state index in [1.807, 2.05) is 0 Å². The number of anilines is 1. The molecule has 94 valence electrons. The Hall–Kier alpha value is -2.44. The fourth-order valence-corrected chi connectivity index (χ4v) is 1.39. The molecule has 4 N–H and O–H groups in total. The predicted octanol–water partition coefficient (Wildman–Crippen LogP) is 0.764. The van der Waals surface area contributed by atoms with E-state index >= 15 is 0 Å². The minimum atomic E-state index is -0.444. The number of rotatable bonds is 3. The van der Waals surface area contributed by atoms with Crippen LogP contribution in [0.2, 0.25) is 0 Å². The lowest BCUT2D eigenvalue weighted by atomic mass is 10.1. The molecule has 6 nitrogen and oxygen atoms in total. The van der Waals surface area contributed by atoms with Crippen LogP contribution in [0.3, 0.4) is 0 Å². The van der Waals surface area contributed by atoms with Gasteiger partial charge in [-0.1, -0.05) is 12.1 Å². The Labute approximate surface area is 102 Å². The Morgan fingerprint density at radius 1 is 1.56 bits per heavy atom. The first kappa shape index (κ1) is 12.0. The van der Waals surface area contributed by atoms with Crippen molar-refractivity contribution >= 4 is 11.9 Å². The van der Waals surface area contributed by atoms with Crippen LogP contribution < -0.4 is 11.1 Å². The highest BCUT2D eigenvalue weighted by atomic mass is 19.1. The van der Waals surface area contributed by atoms with Crippen LogP contribution in [0.4, 0.5) is 10.3 Å². The summed E-state index contributed by atoms with van der Waals surface area (Å²) in [5, 5.41) is 8.51. The Balaban J connectivity index is 1.99. The standard InChI is InChI=1S/C11H12FN5O/c1-6-2-3-7(4-8(6)12)5-14-10(18)9-15-11(13)17-16-9/h2-4H,5H2,1H3,(H,14,18)(H3,13,15,16,17). The van der Waals surface area contributed by atoms with Crippen LogP contribution in [0.25, 0.3) is 0 Å². The van der Waals surface area contributed by atoms with Crippen LogP contribution in [0.15, 0.2) is 18.2 Å². The molecule has 0 unspecified atom stereocenters.